The average Bonchev–Trinajstić information content (AvgIpc) is 2.88. The molecule has 1 atom stereocenters. The molecule has 5 heteroatoms. The number of hydrogen-bond donors (Lipinski definition) is 1. The van der Waals surface area contributed by atoms with E-state index in [1.54, 1.807) is 11.8 Å². The summed E-state index contributed by atoms with van der Waals surface area (Å²) in [5.41, 5.74) is 1.23. The maximum Gasteiger partial charge on any atom is 0.303 e. The second-order valence-corrected chi connectivity index (χ2v) is 6.67. The minimum absolute atomic E-state index is 0.121. The molecular formula is C16H21NO3S. The van der Waals surface area contributed by atoms with Crippen LogP contribution in [0, 0.1) is 12.8 Å². The van der Waals surface area contributed by atoms with Gasteiger partial charge < -0.3 is 10.0 Å². The lowest BCUT2D eigenvalue weighted by molar-refractivity contribution is -0.138. The lowest BCUT2D eigenvalue weighted by atomic mass is 10.1. The fraction of sp³-hybridized carbons (Fsp3) is 0.500. The highest BCUT2D eigenvalue weighted by molar-refractivity contribution is 7.99. The van der Waals surface area contributed by atoms with Gasteiger partial charge in [0.1, 0.15) is 0 Å². The zero-order chi connectivity index (χ0) is 15.2. The van der Waals surface area contributed by atoms with Crippen LogP contribution in [0.1, 0.15) is 24.8 Å². The van der Waals surface area contributed by atoms with Crippen molar-refractivity contribution in [3.8, 4) is 0 Å². The van der Waals surface area contributed by atoms with E-state index in [0.717, 1.165) is 12.2 Å². The molecule has 21 heavy (non-hydrogen) atoms. The van der Waals surface area contributed by atoms with Gasteiger partial charge in [0.15, 0.2) is 0 Å². The normalized spacial score (nSPS) is 18.0. The molecule has 0 aliphatic carbocycles. The van der Waals surface area contributed by atoms with Crippen molar-refractivity contribution in [3.63, 3.8) is 0 Å². The number of aliphatic carboxylic acids is 1. The van der Waals surface area contributed by atoms with E-state index < -0.39 is 5.97 Å². The fourth-order valence-corrected chi connectivity index (χ4v) is 3.36. The van der Waals surface area contributed by atoms with Gasteiger partial charge in [0.2, 0.25) is 5.91 Å². The Morgan fingerprint density at radius 3 is 2.71 bits per heavy atom. The number of nitrogens with zero attached hydrogens (tertiary/aromatic N) is 1. The second kappa shape index (κ2) is 7.50. The molecule has 1 aromatic carbocycles. The summed E-state index contributed by atoms with van der Waals surface area (Å²) in [5, 5.41) is 8.78. The highest BCUT2D eigenvalue weighted by Gasteiger charge is 2.27. The molecule has 1 amide bonds. The predicted octanol–water partition coefficient (Wildman–Crippen LogP) is 2.80. The lowest BCUT2D eigenvalue weighted by Crippen LogP contribution is -2.29. The van der Waals surface area contributed by atoms with Gasteiger partial charge in [0, 0.05) is 36.6 Å². The highest BCUT2D eigenvalue weighted by Crippen LogP contribution is 2.22. The Morgan fingerprint density at radius 1 is 1.33 bits per heavy atom. The van der Waals surface area contributed by atoms with Crippen molar-refractivity contribution in [1.82, 2.24) is 4.90 Å². The molecule has 4 nitrogen and oxygen atoms in total. The van der Waals surface area contributed by atoms with E-state index in [1.807, 2.05) is 4.90 Å². The largest absolute Gasteiger partial charge is 0.481 e. The number of aryl methyl sites for hydroxylation is 1. The number of rotatable bonds is 6. The highest BCUT2D eigenvalue weighted by atomic mass is 32.2. The van der Waals surface area contributed by atoms with Gasteiger partial charge >= 0.3 is 5.97 Å². The summed E-state index contributed by atoms with van der Waals surface area (Å²) in [4.78, 5) is 25.8. The van der Waals surface area contributed by atoms with E-state index in [1.165, 1.54) is 10.5 Å². The van der Waals surface area contributed by atoms with E-state index in [4.69, 9.17) is 5.11 Å². The van der Waals surface area contributed by atoms with Crippen molar-refractivity contribution in [1.29, 1.82) is 0 Å². The SMILES string of the molecule is Cc1ccc(SCCC(=O)N2CCC(CC(=O)O)C2)cc1. The number of thioether (sulfide) groups is 1. The Bertz CT molecular complexity index is 501. The van der Waals surface area contributed by atoms with Gasteiger partial charge in [-0.3, -0.25) is 9.59 Å². The number of carbonyl (C=O) groups excluding carboxylic acids is 1. The number of carboxylic acids is 1. The topological polar surface area (TPSA) is 57.6 Å². The van der Waals surface area contributed by atoms with E-state index in [0.29, 0.717) is 19.5 Å². The molecule has 0 spiro atoms. The zero-order valence-electron chi connectivity index (χ0n) is 12.2. The van der Waals surface area contributed by atoms with Gasteiger partial charge in [-0.25, -0.2) is 0 Å². The van der Waals surface area contributed by atoms with Crippen LogP contribution in [0.2, 0.25) is 0 Å². The molecule has 0 bridgehead atoms. The molecule has 1 N–H and O–H groups in total. The van der Waals surface area contributed by atoms with E-state index in [9.17, 15) is 9.59 Å². The Hall–Kier alpha value is -1.49. The molecule has 1 aliphatic rings. The third kappa shape index (κ3) is 5.08. The zero-order valence-corrected chi connectivity index (χ0v) is 13.1. The van der Waals surface area contributed by atoms with Gasteiger partial charge in [0.25, 0.3) is 0 Å². The lowest BCUT2D eigenvalue weighted by Gasteiger charge is -2.16. The van der Waals surface area contributed by atoms with Gasteiger partial charge in [-0.05, 0) is 31.4 Å². The Morgan fingerprint density at radius 2 is 2.05 bits per heavy atom. The standard InChI is InChI=1S/C16H21NO3S/c1-12-2-4-14(5-3-12)21-9-7-15(18)17-8-6-13(11-17)10-16(19)20/h2-5,13H,6-11H2,1H3,(H,19,20). The van der Waals surface area contributed by atoms with Crippen LogP contribution in [-0.4, -0.2) is 40.7 Å². The quantitative estimate of drug-likeness (QED) is 0.821. The minimum Gasteiger partial charge on any atom is -0.481 e. The Kier molecular flexibility index (Phi) is 5.67. The van der Waals surface area contributed by atoms with Crippen LogP contribution in [0.3, 0.4) is 0 Å². The molecule has 1 fully saturated rings. The summed E-state index contributed by atoms with van der Waals surface area (Å²) < 4.78 is 0. The molecule has 114 valence electrons. The van der Waals surface area contributed by atoms with E-state index >= 15 is 0 Å². The molecule has 0 aromatic heterocycles. The van der Waals surface area contributed by atoms with Crippen molar-refractivity contribution in [2.45, 2.75) is 31.1 Å². The molecule has 0 saturated carbocycles. The molecule has 0 radical (unpaired) electrons. The van der Waals surface area contributed by atoms with E-state index in [-0.39, 0.29) is 18.2 Å². The first-order chi connectivity index (χ1) is 10.0. The first-order valence-electron chi connectivity index (χ1n) is 7.23. The smallest absolute Gasteiger partial charge is 0.303 e. The monoisotopic (exact) mass is 307 g/mol. The van der Waals surface area contributed by atoms with Crippen LogP contribution in [-0.2, 0) is 9.59 Å². The summed E-state index contributed by atoms with van der Waals surface area (Å²) >= 11 is 1.69. The van der Waals surface area contributed by atoms with Crippen LogP contribution in [0.25, 0.3) is 0 Å². The molecule has 1 saturated heterocycles. The van der Waals surface area contributed by atoms with Crippen LogP contribution < -0.4 is 0 Å². The van der Waals surface area contributed by atoms with Crippen molar-refractivity contribution < 1.29 is 14.7 Å². The third-order valence-electron chi connectivity index (χ3n) is 3.71. The minimum atomic E-state index is -0.774. The summed E-state index contributed by atoms with van der Waals surface area (Å²) in [6, 6.07) is 8.29. The molecule has 1 aromatic rings. The van der Waals surface area contributed by atoms with Crippen LogP contribution in [0.15, 0.2) is 29.2 Å². The first kappa shape index (κ1) is 15.9. The summed E-state index contributed by atoms with van der Waals surface area (Å²) in [7, 11) is 0. The first-order valence-corrected chi connectivity index (χ1v) is 8.22. The third-order valence-corrected chi connectivity index (χ3v) is 4.72. The maximum atomic E-state index is 12.1. The Balaban J connectivity index is 1.70. The summed E-state index contributed by atoms with van der Waals surface area (Å²) in [6.07, 6.45) is 1.49. The van der Waals surface area contributed by atoms with Gasteiger partial charge in [0.05, 0.1) is 0 Å². The van der Waals surface area contributed by atoms with Crippen molar-refractivity contribution >= 4 is 23.6 Å². The van der Waals surface area contributed by atoms with Gasteiger partial charge in [-0.2, -0.15) is 0 Å². The number of carboxylic acid groups (broad SMARTS) is 1. The van der Waals surface area contributed by atoms with Crippen molar-refractivity contribution in [2.24, 2.45) is 5.92 Å². The second-order valence-electron chi connectivity index (χ2n) is 5.50. The predicted molar refractivity (Wildman–Crippen MR) is 83.5 cm³/mol. The van der Waals surface area contributed by atoms with Crippen LogP contribution in [0.4, 0.5) is 0 Å². The molecule has 1 unspecified atom stereocenters. The number of benzene rings is 1. The summed E-state index contributed by atoms with van der Waals surface area (Å²) in [6.45, 7) is 3.35. The number of carbonyl (C=O) groups is 2. The van der Waals surface area contributed by atoms with Gasteiger partial charge in [-0.15, -0.1) is 11.8 Å². The molecule has 1 heterocycles. The number of amides is 1. The molecule has 1 aliphatic heterocycles. The maximum absolute atomic E-state index is 12.1. The average molecular weight is 307 g/mol. The fourth-order valence-electron chi connectivity index (χ4n) is 2.52. The van der Waals surface area contributed by atoms with Crippen LogP contribution in [0.5, 0.6) is 0 Å². The van der Waals surface area contributed by atoms with Crippen LogP contribution >= 0.6 is 11.8 Å². The Labute approximate surface area is 129 Å². The number of likely N-dealkylation sites (tertiary alicyclic amines) is 1. The molecular weight excluding hydrogens is 286 g/mol. The van der Waals surface area contributed by atoms with Crippen molar-refractivity contribution in [3.05, 3.63) is 29.8 Å². The van der Waals surface area contributed by atoms with Crippen molar-refractivity contribution in [2.75, 3.05) is 18.8 Å². The summed E-state index contributed by atoms with van der Waals surface area (Å²) in [5.74, 6) is 0.255. The number of hydrogen-bond acceptors (Lipinski definition) is 3. The van der Waals surface area contributed by atoms with E-state index in [2.05, 4.69) is 31.2 Å². The van der Waals surface area contributed by atoms with Gasteiger partial charge in [-0.1, -0.05) is 17.7 Å². The molecule has 2 rings (SSSR count).